The normalized spacial score (nSPS) is 14.8. The first-order valence-corrected chi connectivity index (χ1v) is 6.45. The number of aliphatic hydroxyl groups is 1. The van der Waals surface area contributed by atoms with E-state index in [4.69, 9.17) is 0 Å². The number of aryl methyl sites for hydroxylation is 1. The van der Waals surface area contributed by atoms with Crippen LogP contribution in [0.5, 0.6) is 0 Å². The van der Waals surface area contributed by atoms with Crippen molar-refractivity contribution in [2.24, 2.45) is 0 Å². The summed E-state index contributed by atoms with van der Waals surface area (Å²) in [4.78, 5) is 17.3. The molecule has 2 aromatic heterocycles. The summed E-state index contributed by atoms with van der Waals surface area (Å²) in [6.07, 6.45) is 2.13. The lowest BCUT2D eigenvalue weighted by Gasteiger charge is -2.15. The maximum absolute atomic E-state index is 11.0. The van der Waals surface area contributed by atoms with Gasteiger partial charge in [0.2, 0.25) is 5.78 Å². The van der Waals surface area contributed by atoms with Gasteiger partial charge in [0.05, 0.1) is 0 Å². The van der Waals surface area contributed by atoms with Gasteiger partial charge in [0.1, 0.15) is 0 Å². The molecule has 0 radical (unpaired) electrons. The van der Waals surface area contributed by atoms with Crippen molar-refractivity contribution in [2.75, 3.05) is 0 Å². The van der Waals surface area contributed by atoms with Gasteiger partial charge in [-0.25, -0.2) is 0 Å². The Morgan fingerprint density at radius 3 is 2.72 bits per heavy atom. The summed E-state index contributed by atoms with van der Waals surface area (Å²) in [5.41, 5.74) is 2.86. The first kappa shape index (κ1) is 11.2. The van der Waals surface area contributed by atoms with Crippen LogP contribution in [-0.2, 0) is 4.79 Å². The van der Waals surface area contributed by atoms with Crippen LogP contribution in [0, 0.1) is 6.92 Å². The molecule has 90 valence electrons. The number of hydrogen-bond donors (Lipinski definition) is 1. The molecule has 0 bridgehead atoms. The van der Waals surface area contributed by atoms with Crippen molar-refractivity contribution >= 4 is 22.7 Å². The van der Waals surface area contributed by atoms with Crippen molar-refractivity contribution in [1.82, 2.24) is 4.98 Å². The molecule has 3 rings (SSSR count). The summed E-state index contributed by atoms with van der Waals surface area (Å²) in [5, 5.41) is 9.48. The van der Waals surface area contributed by atoms with E-state index in [2.05, 4.69) is 4.98 Å². The van der Waals surface area contributed by atoms with E-state index in [9.17, 15) is 9.90 Å². The Morgan fingerprint density at radius 2 is 2.06 bits per heavy atom. The number of hydrogen-bond acceptors (Lipinski definition) is 4. The number of thiophene rings is 1. The van der Waals surface area contributed by atoms with Crippen LogP contribution >= 0.6 is 11.3 Å². The molecule has 4 heteroatoms. The van der Waals surface area contributed by atoms with Crippen LogP contribution in [0.4, 0.5) is 0 Å². The second kappa shape index (κ2) is 4.07. The minimum atomic E-state index is -0.167. The molecule has 0 saturated heterocycles. The maximum atomic E-state index is 11.0. The number of carbonyl (C=O) groups is 1. The SMILES string of the molecule is Cc1cc(-c2ccc(C3=C(O)C(=O)C3)s2)ccn1. The third kappa shape index (κ3) is 1.75. The van der Waals surface area contributed by atoms with E-state index in [0.717, 1.165) is 26.6 Å². The third-order valence-corrected chi connectivity index (χ3v) is 4.17. The van der Waals surface area contributed by atoms with Gasteiger partial charge in [-0.3, -0.25) is 9.78 Å². The lowest BCUT2D eigenvalue weighted by molar-refractivity contribution is -0.118. The lowest BCUT2D eigenvalue weighted by atomic mass is 9.93. The second-order valence-electron chi connectivity index (χ2n) is 4.28. The highest BCUT2D eigenvalue weighted by molar-refractivity contribution is 7.16. The van der Waals surface area contributed by atoms with Gasteiger partial charge in [-0.2, -0.15) is 0 Å². The fraction of sp³-hybridized carbons (Fsp3) is 0.143. The van der Waals surface area contributed by atoms with E-state index in [0.29, 0.717) is 6.42 Å². The molecule has 1 N–H and O–H groups in total. The first-order valence-electron chi connectivity index (χ1n) is 5.63. The minimum absolute atomic E-state index is 0.0747. The van der Waals surface area contributed by atoms with Gasteiger partial charge in [0, 0.05) is 33.6 Å². The highest BCUT2D eigenvalue weighted by Crippen LogP contribution is 2.38. The van der Waals surface area contributed by atoms with E-state index in [1.54, 1.807) is 17.5 Å². The van der Waals surface area contributed by atoms with E-state index in [1.165, 1.54) is 0 Å². The molecule has 1 aliphatic carbocycles. The first-order chi connectivity index (χ1) is 8.65. The minimum Gasteiger partial charge on any atom is -0.504 e. The third-order valence-electron chi connectivity index (χ3n) is 2.97. The monoisotopic (exact) mass is 257 g/mol. The fourth-order valence-corrected chi connectivity index (χ4v) is 2.99. The molecule has 0 aliphatic heterocycles. The zero-order chi connectivity index (χ0) is 12.7. The van der Waals surface area contributed by atoms with Crippen molar-refractivity contribution in [3.63, 3.8) is 0 Å². The molecular weight excluding hydrogens is 246 g/mol. The Kier molecular flexibility index (Phi) is 2.52. The number of nitrogens with zero attached hydrogens (tertiary/aromatic N) is 1. The van der Waals surface area contributed by atoms with E-state index >= 15 is 0 Å². The molecule has 1 aliphatic rings. The summed E-state index contributed by atoms with van der Waals surface area (Å²) in [7, 11) is 0. The molecule has 0 spiro atoms. The average molecular weight is 257 g/mol. The quantitative estimate of drug-likeness (QED) is 0.897. The number of pyridine rings is 1. The van der Waals surface area contributed by atoms with Crippen molar-refractivity contribution in [1.29, 1.82) is 0 Å². The predicted octanol–water partition coefficient (Wildman–Crippen LogP) is 3.36. The molecule has 3 nitrogen and oxygen atoms in total. The smallest absolute Gasteiger partial charge is 0.202 e. The fourth-order valence-electron chi connectivity index (χ4n) is 1.95. The van der Waals surface area contributed by atoms with Gasteiger partial charge in [-0.05, 0) is 36.8 Å². The van der Waals surface area contributed by atoms with Crippen molar-refractivity contribution in [3.05, 3.63) is 46.8 Å². The van der Waals surface area contributed by atoms with Crippen LogP contribution in [0.3, 0.4) is 0 Å². The number of allylic oxidation sites excluding steroid dienone is 2. The zero-order valence-electron chi connectivity index (χ0n) is 9.80. The Balaban J connectivity index is 1.98. The molecule has 0 saturated carbocycles. The number of aliphatic hydroxyl groups excluding tert-OH is 1. The van der Waals surface area contributed by atoms with Gasteiger partial charge >= 0.3 is 0 Å². The van der Waals surface area contributed by atoms with Crippen LogP contribution in [0.15, 0.2) is 36.2 Å². The Labute approximate surface area is 108 Å². The summed E-state index contributed by atoms with van der Waals surface area (Å²) in [6, 6.07) is 7.95. The highest BCUT2D eigenvalue weighted by atomic mass is 32.1. The van der Waals surface area contributed by atoms with Crippen LogP contribution in [0.1, 0.15) is 17.0 Å². The summed E-state index contributed by atoms with van der Waals surface area (Å²) < 4.78 is 0. The lowest BCUT2D eigenvalue weighted by Crippen LogP contribution is -2.15. The Morgan fingerprint density at radius 1 is 1.28 bits per heavy atom. The molecule has 0 fully saturated rings. The van der Waals surface area contributed by atoms with Crippen molar-refractivity contribution < 1.29 is 9.90 Å². The average Bonchev–Trinajstić information content (AvgIpc) is 2.84. The predicted molar refractivity (Wildman–Crippen MR) is 71.5 cm³/mol. The molecule has 2 aromatic rings. The van der Waals surface area contributed by atoms with Gasteiger partial charge in [0.25, 0.3) is 0 Å². The number of rotatable bonds is 2. The molecular formula is C14H11NO2S. The Hall–Kier alpha value is -1.94. The highest BCUT2D eigenvalue weighted by Gasteiger charge is 2.28. The van der Waals surface area contributed by atoms with E-state index in [-0.39, 0.29) is 11.5 Å². The summed E-state index contributed by atoms with van der Waals surface area (Å²) in [5.74, 6) is -0.242. The summed E-state index contributed by atoms with van der Waals surface area (Å²) in [6.45, 7) is 1.96. The van der Waals surface area contributed by atoms with Gasteiger partial charge in [0.15, 0.2) is 5.76 Å². The summed E-state index contributed by atoms with van der Waals surface area (Å²) >= 11 is 1.59. The molecule has 0 amide bonds. The van der Waals surface area contributed by atoms with Gasteiger partial charge in [-0.1, -0.05) is 0 Å². The van der Waals surface area contributed by atoms with Gasteiger partial charge in [-0.15, -0.1) is 11.3 Å². The van der Waals surface area contributed by atoms with Crippen LogP contribution < -0.4 is 0 Å². The zero-order valence-corrected chi connectivity index (χ0v) is 10.6. The number of aromatic nitrogens is 1. The molecule has 18 heavy (non-hydrogen) atoms. The number of ketones is 1. The van der Waals surface area contributed by atoms with Crippen LogP contribution in [-0.4, -0.2) is 15.9 Å². The van der Waals surface area contributed by atoms with E-state index < -0.39 is 0 Å². The van der Waals surface area contributed by atoms with E-state index in [1.807, 2.05) is 31.2 Å². The molecule has 0 unspecified atom stereocenters. The van der Waals surface area contributed by atoms with Gasteiger partial charge < -0.3 is 5.11 Å². The maximum Gasteiger partial charge on any atom is 0.202 e. The standard InChI is InChI=1S/C14H11NO2S/c1-8-6-9(4-5-15-8)12-2-3-13(18-12)10-7-11(16)14(10)17/h2-6,17H,7H2,1H3. The number of Topliss-reactive ketones (excluding diaryl/α,β-unsaturated/α-hetero) is 1. The Bertz CT molecular complexity index is 670. The van der Waals surface area contributed by atoms with Crippen LogP contribution in [0.2, 0.25) is 0 Å². The molecule has 0 aromatic carbocycles. The largest absolute Gasteiger partial charge is 0.504 e. The topological polar surface area (TPSA) is 50.2 Å². The van der Waals surface area contributed by atoms with Crippen LogP contribution in [0.25, 0.3) is 16.0 Å². The molecule has 0 atom stereocenters. The van der Waals surface area contributed by atoms with Crippen molar-refractivity contribution in [2.45, 2.75) is 13.3 Å². The second-order valence-corrected chi connectivity index (χ2v) is 5.36. The molecule has 2 heterocycles. The number of carbonyl (C=O) groups excluding carboxylic acids is 1. The van der Waals surface area contributed by atoms with Crippen molar-refractivity contribution in [3.8, 4) is 10.4 Å².